The predicted molar refractivity (Wildman–Crippen MR) is 79.0 cm³/mol. The summed E-state index contributed by atoms with van der Waals surface area (Å²) in [6.07, 6.45) is 5.36. The van der Waals surface area contributed by atoms with Gasteiger partial charge in [0.25, 0.3) is 0 Å². The zero-order valence-corrected chi connectivity index (χ0v) is 12.1. The lowest BCUT2D eigenvalue weighted by molar-refractivity contribution is 0.829. The fourth-order valence-corrected chi connectivity index (χ4v) is 2.19. The summed E-state index contributed by atoms with van der Waals surface area (Å²) in [5.74, 6) is 1.81. The van der Waals surface area contributed by atoms with Crippen LogP contribution >= 0.6 is 11.6 Å². The Morgan fingerprint density at radius 1 is 1.06 bits per heavy atom. The highest BCUT2D eigenvalue weighted by Crippen LogP contribution is 2.28. The number of allylic oxidation sites excluding steroid dienone is 1. The summed E-state index contributed by atoms with van der Waals surface area (Å²) in [4.78, 5) is 0. The number of rotatable bonds is 5. The van der Waals surface area contributed by atoms with Gasteiger partial charge in [-0.1, -0.05) is 58.0 Å². The first-order valence-corrected chi connectivity index (χ1v) is 6.96. The van der Waals surface area contributed by atoms with Gasteiger partial charge in [0.2, 0.25) is 0 Å². The van der Waals surface area contributed by atoms with E-state index in [1.54, 1.807) is 0 Å². The number of hydrogen-bond donors (Lipinski definition) is 0. The molecule has 0 heterocycles. The van der Waals surface area contributed by atoms with Crippen LogP contribution in [0.25, 0.3) is 6.08 Å². The lowest BCUT2D eigenvalue weighted by Crippen LogP contribution is -1.99. The molecule has 0 nitrogen and oxygen atoms in total. The van der Waals surface area contributed by atoms with Crippen LogP contribution in [0.1, 0.15) is 62.6 Å². The topological polar surface area (TPSA) is 0 Å². The smallest absolute Gasteiger partial charge is 0.0258 e. The second-order valence-electron chi connectivity index (χ2n) is 5.04. The Morgan fingerprint density at radius 2 is 1.59 bits per heavy atom. The van der Waals surface area contributed by atoms with Crippen LogP contribution in [-0.2, 0) is 0 Å². The summed E-state index contributed by atoms with van der Waals surface area (Å²) in [6, 6.07) is 6.64. The molecule has 1 aromatic carbocycles. The van der Waals surface area contributed by atoms with Crippen molar-refractivity contribution in [1.82, 2.24) is 0 Å². The van der Waals surface area contributed by atoms with E-state index in [0.29, 0.717) is 17.7 Å². The van der Waals surface area contributed by atoms with E-state index in [9.17, 15) is 0 Å². The zero-order valence-electron chi connectivity index (χ0n) is 11.3. The second-order valence-corrected chi connectivity index (χ2v) is 5.42. The normalized spacial score (nSPS) is 11.9. The molecule has 0 aliphatic carbocycles. The van der Waals surface area contributed by atoms with Crippen LogP contribution in [0.2, 0.25) is 0 Å². The van der Waals surface area contributed by atoms with Crippen molar-refractivity contribution in [3.8, 4) is 0 Å². The molecule has 0 N–H and O–H groups in total. The van der Waals surface area contributed by atoms with E-state index < -0.39 is 0 Å². The summed E-state index contributed by atoms with van der Waals surface area (Å²) in [5, 5.41) is 0. The van der Waals surface area contributed by atoms with Crippen LogP contribution in [-0.4, -0.2) is 5.88 Å². The average Bonchev–Trinajstić information content (AvgIpc) is 2.28. The molecule has 0 radical (unpaired) electrons. The average molecular weight is 251 g/mol. The van der Waals surface area contributed by atoms with E-state index in [0.717, 1.165) is 6.42 Å². The molecule has 1 rings (SSSR count). The molecule has 0 bridgehead atoms. The molecular formula is C16H23Cl. The molecule has 0 aliphatic heterocycles. The van der Waals surface area contributed by atoms with E-state index in [2.05, 4.69) is 58.0 Å². The van der Waals surface area contributed by atoms with Gasteiger partial charge >= 0.3 is 0 Å². The van der Waals surface area contributed by atoms with Crippen molar-refractivity contribution in [2.45, 2.75) is 46.0 Å². The molecule has 0 unspecified atom stereocenters. The predicted octanol–water partition coefficient (Wildman–Crippen LogP) is 5.58. The molecular weight excluding hydrogens is 228 g/mol. The maximum Gasteiger partial charge on any atom is 0.0258 e. The number of hydrogen-bond acceptors (Lipinski definition) is 0. The monoisotopic (exact) mass is 250 g/mol. The van der Waals surface area contributed by atoms with E-state index in [1.165, 1.54) is 16.7 Å². The van der Waals surface area contributed by atoms with Crippen molar-refractivity contribution in [2.24, 2.45) is 0 Å². The Morgan fingerprint density at radius 3 is 2.00 bits per heavy atom. The van der Waals surface area contributed by atoms with Crippen LogP contribution in [0.15, 0.2) is 24.3 Å². The van der Waals surface area contributed by atoms with Crippen molar-refractivity contribution in [1.29, 1.82) is 0 Å². The maximum atomic E-state index is 5.72. The van der Waals surface area contributed by atoms with E-state index in [1.807, 2.05) is 0 Å². The lowest BCUT2D eigenvalue weighted by Gasteiger charge is -2.17. The first kappa shape index (κ1) is 14.3. The molecule has 0 aliphatic rings. The van der Waals surface area contributed by atoms with Crippen molar-refractivity contribution in [3.63, 3.8) is 0 Å². The Hall–Kier alpha value is -0.750. The zero-order chi connectivity index (χ0) is 12.8. The third kappa shape index (κ3) is 3.89. The van der Waals surface area contributed by atoms with E-state index in [-0.39, 0.29) is 0 Å². The number of halogens is 1. The fourth-order valence-electron chi connectivity index (χ4n) is 2.07. The molecule has 94 valence electrons. The summed E-state index contributed by atoms with van der Waals surface area (Å²) in [6.45, 7) is 8.99. The Balaban J connectivity index is 3.19. The molecule has 0 saturated heterocycles. The molecule has 0 atom stereocenters. The van der Waals surface area contributed by atoms with Gasteiger partial charge in [0, 0.05) is 5.88 Å². The highest BCUT2D eigenvalue weighted by Gasteiger charge is 2.10. The minimum atomic E-state index is 0.560. The Kier molecular flexibility index (Phi) is 5.77. The second kappa shape index (κ2) is 6.86. The van der Waals surface area contributed by atoms with Gasteiger partial charge in [-0.3, -0.25) is 0 Å². The highest BCUT2D eigenvalue weighted by molar-refractivity contribution is 6.17. The van der Waals surface area contributed by atoms with Crippen LogP contribution in [0.3, 0.4) is 0 Å². The first-order chi connectivity index (χ1) is 8.07. The van der Waals surface area contributed by atoms with Crippen molar-refractivity contribution >= 4 is 17.7 Å². The molecule has 1 aromatic rings. The molecule has 1 heteroatoms. The van der Waals surface area contributed by atoms with Gasteiger partial charge in [0.15, 0.2) is 0 Å². The Labute approximate surface area is 111 Å². The summed E-state index contributed by atoms with van der Waals surface area (Å²) >= 11 is 5.72. The molecule has 0 spiro atoms. The van der Waals surface area contributed by atoms with E-state index in [4.69, 9.17) is 11.6 Å². The summed E-state index contributed by atoms with van der Waals surface area (Å²) in [7, 11) is 0. The fraction of sp³-hybridized carbons (Fsp3) is 0.500. The minimum Gasteiger partial charge on any atom is -0.126 e. The standard InChI is InChI=1S/C16H23Cl/c1-12(2)14-9-7-10-15(13(3)4)16(14)8-5-6-11-17/h5,7-10,12-13H,6,11H2,1-4H3. The van der Waals surface area contributed by atoms with Crippen molar-refractivity contribution < 1.29 is 0 Å². The third-order valence-electron chi connectivity index (χ3n) is 2.98. The maximum absolute atomic E-state index is 5.72. The van der Waals surface area contributed by atoms with Gasteiger partial charge in [-0.2, -0.15) is 0 Å². The van der Waals surface area contributed by atoms with Gasteiger partial charge in [0.1, 0.15) is 0 Å². The quantitative estimate of drug-likeness (QED) is 0.599. The highest BCUT2D eigenvalue weighted by atomic mass is 35.5. The minimum absolute atomic E-state index is 0.560. The Bertz CT molecular complexity index is 349. The van der Waals surface area contributed by atoms with Gasteiger partial charge in [-0.05, 0) is 34.9 Å². The SMILES string of the molecule is CC(C)c1cccc(C(C)C)c1C=CCCCl. The molecule has 0 amide bonds. The van der Waals surface area contributed by atoms with Crippen LogP contribution in [0, 0.1) is 0 Å². The van der Waals surface area contributed by atoms with Crippen molar-refractivity contribution in [3.05, 3.63) is 41.0 Å². The third-order valence-corrected chi connectivity index (χ3v) is 3.20. The van der Waals surface area contributed by atoms with Gasteiger partial charge < -0.3 is 0 Å². The molecule has 0 fully saturated rings. The summed E-state index contributed by atoms with van der Waals surface area (Å²) in [5.41, 5.74) is 4.26. The van der Waals surface area contributed by atoms with Crippen LogP contribution in [0.5, 0.6) is 0 Å². The molecule has 17 heavy (non-hydrogen) atoms. The van der Waals surface area contributed by atoms with Crippen LogP contribution in [0.4, 0.5) is 0 Å². The molecule has 0 saturated carbocycles. The van der Waals surface area contributed by atoms with Gasteiger partial charge in [-0.15, -0.1) is 11.6 Å². The first-order valence-electron chi connectivity index (χ1n) is 6.43. The van der Waals surface area contributed by atoms with E-state index >= 15 is 0 Å². The van der Waals surface area contributed by atoms with Crippen molar-refractivity contribution in [2.75, 3.05) is 5.88 Å². The number of alkyl halides is 1. The van der Waals surface area contributed by atoms with Gasteiger partial charge in [0.05, 0.1) is 0 Å². The van der Waals surface area contributed by atoms with Gasteiger partial charge in [-0.25, -0.2) is 0 Å². The lowest BCUT2D eigenvalue weighted by atomic mass is 9.88. The number of benzene rings is 1. The largest absolute Gasteiger partial charge is 0.126 e. The molecule has 0 aromatic heterocycles. The summed E-state index contributed by atoms with van der Waals surface area (Å²) < 4.78 is 0. The van der Waals surface area contributed by atoms with Crippen LogP contribution < -0.4 is 0 Å².